The molecule has 8 nitrogen and oxygen atoms in total. The Labute approximate surface area is 170 Å². The number of aliphatic hydroxyl groups excluding tert-OH is 1. The van der Waals surface area contributed by atoms with Gasteiger partial charge < -0.3 is 20.0 Å². The minimum absolute atomic E-state index is 0. The van der Waals surface area contributed by atoms with Gasteiger partial charge in [-0.1, -0.05) is 6.42 Å². The Morgan fingerprint density at radius 3 is 2.21 bits per heavy atom. The van der Waals surface area contributed by atoms with Gasteiger partial charge in [-0.2, -0.15) is 20.9 Å². The molecule has 0 aromatic carbocycles. The van der Waals surface area contributed by atoms with Gasteiger partial charge >= 0.3 is 0 Å². The van der Waals surface area contributed by atoms with Gasteiger partial charge in [-0.25, -0.2) is 12.4 Å². The average molecular weight is 670 g/mol. The predicted octanol–water partition coefficient (Wildman–Crippen LogP) is 0.411. The summed E-state index contributed by atoms with van der Waals surface area (Å²) in [5, 5.41) is 29.6. The first-order valence-electron chi connectivity index (χ1n) is 6.70. The number of aliphatic hydroxyl groups is 1. The molecule has 1 aliphatic rings. The number of rotatable bonds is 2. The van der Waals surface area contributed by atoms with E-state index in [1.807, 2.05) is 13.0 Å². The first kappa shape index (κ1) is 25.1. The maximum atomic E-state index is 8.58. The van der Waals surface area contributed by atoms with Crippen molar-refractivity contribution < 1.29 is 52.0 Å². The second-order valence-electron chi connectivity index (χ2n) is 4.14. The molecule has 24 heavy (non-hydrogen) atoms. The molecule has 0 bridgehead atoms. The summed E-state index contributed by atoms with van der Waals surface area (Å²) in [6.45, 7) is 4.63. The zero-order chi connectivity index (χ0) is 16.0. The van der Waals surface area contributed by atoms with Crippen molar-refractivity contribution in [3.05, 3.63) is 48.0 Å². The second kappa shape index (κ2) is 16.7. The molecule has 0 aliphatic carbocycles. The molecule has 3 rings (SSSR count). The Kier molecular flexibility index (Phi) is 17.5. The second-order valence-corrected chi connectivity index (χ2v) is 4.14. The van der Waals surface area contributed by atoms with Crippen LogP contribution in [0.2, 0.25) is 0 Å². The van der Waals surface area contributed by atoms with Gasteiger partial charge in [0, 0.05) is 55.2 Å². The van der Waals surface area contributed by atoms with Gasteiger partial charge in [0.2, 0.25) is 0 Å². The fourth-order valence-corrected chi connectivity index (χ4v) is 1.32. The van der Waals surface area contributed by atoms with E-state index in [0.29, 0.717) is 12.2 Å². The van der Waals surface area contributed by atoms with Crippen LogP contribution in [-0.2, 0) is 53.3 Å². The van der Waals surface area contributed by atoms with Crippen LogP contribution < -0.4 is 0 Å². The smallest absolute Gasteiger partial charge is 0.163 e. The molecule has 2 aromatic rings. The summed E-state index contributed by atoms with van der Waals surface area (Å²) in [7, 11) is 0. The van der Waals surface area contributed by atoms with E-state index < -0.39 is 0 Å². The van der Waals surface area contributed by atoms with Crippen LogP contribution >= 0.6 is 0 Å². The Bertz CT molecular complexity index is 554. The number of hydrogen-bond donors (Lipinski definition) is 1. The summed E-state index contributed by atoms with van der Waals surface area (Å²) in [6, 6.07) is 1.75. The van der Waals surface area contributed by atoms with Crippen LogP contribution in [0, 0.1) is 26.4 Å². The van der Waals surface area contributed by atoms with E-state index in [-0.39, 0.29) is 48.7 Å². The van der Waals surface area contributed by atoms with Crippen molar-refractivity contribution in [3.8, 4) is 0 Å². The van der Waals surface area contributed by atoms with Gasteiger partial charge in [0.15, 0.2) is 5.82 Å². The molecule has 0 amide bonds. The van der Waals surface area contributed by atoms with Crippen LogP contribution in [0.25, 0.3) is 0 Å². The zero-order valence-electron chi connectivity index (χ0n) is 13.4. The van der Waals surface area contributed by atoms with Gasteiger partial charge in [-0.15, -0.1) is 6.20 Å². The van der Waals surface area contributed by atoms with Gasteiger partial charge in [0.1, 0.15) is 0 Å². The summed E-state index contributed by atoms with van der Waals surface area (Å²) in [6.07, 6.45) is 10.3. The summed E-state index contributed by atoms with van der Waals surface area (Å²) in [5.41, 5.74) is 1.88. The quantitative estimate of drug-likeness (QED) is 0.459. The summed E-state index contributed by atoms with van der Waals surface area (Å²) < 4.78 is 4.76. The van der Waals surface area contributed by atoms with Gasteiger partial charge in [-0.3, -0.25) is 5.10 Å². The van der Waals surface area contributed by atoms with Crippen molar-refractivity contribution in [3.63, 3.8) is 0 Å². The zero-order valence-corrected chi connectivity index (χ0v) is 19.3. The molecular formula is C14H18N6O2W2-2. The van der Waals surface area contributed by atoms with E-state index in [1.165, 1.54) is 0 Å². The third-order valence-corrected chi connectivity index (χ3v) is 2.42. The van der Waals surface area contributed by atoms with Crippen LogP contribution in [0.3, 0.4) is 0 Å². The average Bonchev–Trinajstić information content (AvgIpc) is 3.11. The molecule has 0 fully saturated rings. The molecule has 0 unspecified atom stereocenters. The van der Waals surface area contributed by atoms with E-state index in [9.17, 15) is 0 Å². The molecular weight excluding hydrogens is 652 g/mol. The number of nitrogens with zero attached hydrogens (tertiary/aromatic N) is 6. The summed E-state index contributed by atoms with van der Waals surface area (Å²) in [5.74, 6) is 0.568. The summed E-state index contributed by atoms with van der Waals surface area (Å²) in [4.78, 5) is 0. The monoisotopic (exact) mass is 670 g/mol. The first-order valence-corrected chi connectivity index (χ1v) is 6.70. The number of hydrogen-bond acceptors (Lipinski definition) is 8. The number of ether oxygens (including phenoxy) is 1. The number of aryl methyl sites for hydroxylation is 2. The normalized spacial score (nSPS) is 10.6. The molecule has 1 N–H and O–H groups in total. The number of aromatic nitrogens is 6. The van der Waals surface area contributed by atoms with Crippen LogP contribution in [0.4, 0.5) is 0 Å². The molecule has 0 atom stereocenters. The van der Waals surface area contributed by atoms with Crippen molar-refractivity contribution >= 4 is 0 Å². The van der Waals surface area contributed by atoms with Crippen LogP contribution in [0.1, 0.15) is 23.5 Å². The van der Waals surface area contributed by atoms with Gasteiger partial charge in [-0.05, 0) is 25.6 Å². The largest absolute Gasteiger partial charge is 0.501 e. The first-order chi connectivity index (χ1) is 10.7. The molecule has 1 aliphatic heterocycles. The van der Waals surface area contributed by atoms with Gasteiger partial charge in [0.05, 0.1) is 12.9 Å². The molecule has 0 spiro atoms. The molecule has 3 heterocycles. The fraction of sp³-hybridized carbons (Fsp3) is 0.429. The van der Waals surface area contributed by atoms with E-state index in [4.69, 9.17) is 9.84 Å². The Morgan fingerprint density at radius 1 is 1.12 bits per heavy atom. The third-order valence-electron chi connectivity index (χ3n) is 2.42. The molecule has 0 saturated carbocycles. The fourth-order valence-electron chi connectivity index (χ4n) is 1.32. The van der Waals surface area contributed by atoms with E-state index in [1.54, 1.807) is 19.3 Å². The van der Waals surface area contributed by atoms with Crippen molar-refractivity contribution in [1.29, 1.82) is 0 Å². The maximum Gasteiger partial charge on any atom is 0.163 e. The van der Waals surface area contributed by atoms with Crippen molar-refractivity contribution in [2.24, 2.45) is 0 Å². The molecule has 130 valence electrons. The maximum absolute atomic E-state index is 8.58. The SMILES string of the molecule is C1=COCC1.Cc1nn[c-]cc1CCO.Cc1nn[c-]nn1.[W].[W]. The standard InChI is InChI=1S/C7H9N2O.C4H6O.C3H3N4.2W/c1-6-7(3-5-10)2-4-8-9-6;1-2-4-5-3-1;1-3-6-4-2-5-7-3;;/h2,10H,3,5H2,1H3;1,3H,2,4H2;1H3;;/q-1;;-1;;. The minimum atomic E-state index is 0. The third kappa shape index (κ3) is 12.3. The predicted molar refractivity (Wildman–Crippen MR) is 77.3 cm³/mol. The molecule has 0 saturated heterocycles. The summed E-state index contributed by atoms with van der Waals surface area (Å²) >= 11 is 0. The van der Waals surface area contributed by atoms with Gasteiger partial charge in [0.25, 0.3) is 0 Å². The van der Waals surface area contributed by atoms with E-state index in [0.717, 1.165) is 24.3 Å². The molecule has 0 radical (unpaired) electrons. The van der Waals surface area contributed by atoms with Crippen molar-refractivity contribution in [1.82, 2.24) is 30.6 Å². The van der Waals surface area contributed by atoms with Crippen molar-refractivity contribution in [2.75, 3.05) is 13.2 Å². The topological polar surface area (TPSA) is 107 Å². The Hall–Kier alpha value is -1.10. The molecule has 10 heteroatoms. The Balaban J connectivity index is 0. The Morgan fingerprint density at radius 2 is 1.83 bits per heavy atom. The van der Waals surface area contributed by atoms with Crippen LogP contribution in [-0.4, -0.2) is 48.9 Å². The van der Waals surface area contributed by atoms with E-state index >= 15 is 0 Å². The van der Waals surface area contributed by atoms with Crippen molar-refractivity contribution in [2.45, 2.75) is 26.7 Å². The van der Waals surface area contributed by atoms with Crippen LogP contribution in [0.5, 0.6) is 0 Å². The minimum Gasteiger partial charge on any atom is -0.501 e. The van der Waals surface area contributed by atoms with Crippen LogP contribution in [0.15, 0.2) is 18.4 Å². The van der Waals surface area contributed by atoms with E-state index in [2.05, 4.69) is 43.1 Å². The molecule has 2 aromatic heterocycles.